The van der Waals surface area contributed by atoms with Gasteiger partial charge in [-0.2, -0.15) is 0 Å². The van der Waals surface area contributed by atoms with E-state index in [2.05, 4.69) is 15.6 Å². The van der Waals surface area contributed by atoms with Gasteiger partial charge >= 0.3 is 0 Å². The summed E-state index contributed by atoms with van der Waals surface area (Å²) in [6, 6.07) is 4.72. The Morgan fingerprint density at radius 3 is 2.70 bits per heavy atom. The van der Waals surface area contributed by atoms with Gasteiger partial charge in [0, 0.05) is 17.1 Å². The van der Waals surface area contributed by atoms with Gasteiger partial charge in [0.2, 0.25) is 5.91 Å². The molecule has 0 spiro atoms. The van der Waals surface area contributed by atoms with Crippen LogP contribution < -0.4 is 22.1 Å². The van der Waals surface area contributed by atoms with E-state index >= 15 is 0 Å². The van der Waals surface area contributed by atoms with E-state index in [1.165, 1.54) is 6.92 Å². The Kier molecular flexibility index (Phi) is 8.97. The monoisotopic (exact) mass is 416 g/mol. The van der Waals surface area contributed by atoms with Gasteiger partial charge in [-0.05, 0) is 50.8 Å². The summed E-state index contributed by atoms with van der Waals surface area (Å²) in [5.74, 6) is -1.15. The number of hydrogen-bond acceptors (Lipinski definition) is 6. The molecule has 1 aromatic carbocycles. The average Bonchev–Trinajstić information content (AvgIpc) is 3.13. The van der Waals surface area contributed by atoms with Crippen LogP contribution in [-0.2, 0) is 20.8 Å². The molecule has 7 N–H and O–H groups in total. The Morgan fingerprint density at radius 1 is 1.30 bits per heavy atom. The van der Waals surface area contributed by atoms with Gasteiger partial charge in [0.25, 0.3) is 5.91 Å². The lowest BCUT2D eigenvalue weighted by atomic mass is 10.0. The minimum Gasteiger partial charge on any atom is -0.391 e. The van der Waals surface area contributed by atoms with Crippen molar-refractivity contribution >= 4 is 29.0 Å². The highest BCUT2D eigenvalue weighted by Crippen LogP contribution is 2.18. The number of unbranched alkanes of at least 4 members (excludes halogenated alkanes) is 1. The first-order chi connectivity index (χ1) is 14.4. The first kappa shape index (κ1) is 23.5. The number of carbonyl (C=O) groups is 3. The number of nitrogens with zero attached hydrogens (tertiary/aromatic N) is 1. The molecule has 1 aromatic heterocycles. The van der Waals surface area contributed by atoms with E-state index in [-0.39, 0.29) is 0 Å². The van der Waals surface area contributed by atoms with E-state index < -0.39 is 36.0 Å². The predicted molar refractivity (Wildman–Crippen MR) is 113 cm³/mol. The number of rotatable bonds is 12. The van der Waals surface area contributed by atoms with Crippen molar-refractivity contribution < 1.29 is 19.5 Å². The fraction of sp³-hybridized carbons (Fsp3) is 0.476. The Bertz CT molecular complexity index is 851. The number of H-pyrrole nitrogens is 1. The second-order valence-corrected chi connectivity index (χ2v) is 7.35. The van der Waals surface area contributed by atoms with Crippen LogP contribution in [0.15, 0.2) is 30.5 Å². The lowest BCUT2D eigenvalue weighted by Crippen LogP contribution is -2.53. The number of aromatic amines is 1. The molecular formula is C21H30N5O4. The largest absolute Gasteiger partial charge is 0.391 e. The summed E-state index contributed by atoms with van der Waals surface area (Å²) in [4.78, 5) is 39.4. The molecule has 4 atom stereocenters. The molecule has 1 heterocycles. The minimum absolute atomic E-state index is 0.293. The van der Waals surface area contributed by atoms with Crippen LogP contribution in [0.25, 0.3) is 10.9 Å². The maximum absolute atomic E-state index is 12.7. The van der Waals surface area contributed by atoms with Crippen molar-refractivity contribution in [2.24, 2.45) is 11.5 Å². The first-order valence-corrected chi connectivity index (χ1v) is 10.1. The van der Waals surface area contributed by atoms with Crippen molar-refractivity contribution in [2.75, 3.05) is 6.54 Å². The Labute approximate surface area is 175 Å². The van der Waals surface area contributed by atoms with Gasteiger partial charge in [0.1, 0.15) is 18.4 Å². The summed E-state index contributed by atoms with van der Waals surface area (Å²) in [7, 11) is 0. The van der Waals surface area contributed by atoms with E-state index in [9.17, 15) is 19.5 Å². The molecule has 163 valence electrons. The smallest absolute Gasteiger partial charge is 0.264 e. The normalized spacial score (nSPS) is 15.2. The minimum atomic E-state index is -1.17. The number of hydrogen-bond donors (Lipinski definition) is 5. The quantitative estimate of drug-likeness (QED) is 0.236. The molecule has 0 saturated carbocycles. The van der Waals surface area contributed by atoms with Gasteiger partial charge in [0.05, 0.1) is 12.1 Å². The molecule has 0 bridgehead atoms. The van der Waals surface area contributed by atoms with Crippen LogP contribution in [0.3, 0.4) is 0 Å². The second-order valence-electron chi connectivity index (χ2n) is 7.35. The maximum Gasteiger partial charge on any atom is 0.264 e. The van der Waals surface area contributed by atoms with Gasteiger partial charge in [-0.15, -0.1) is 0 Å². The zero-order valence-electron chi connectivity index (χ0n) is 17.1. The molecule has 9 nitrogen and oxygen atoms in total. The van der Waals surface area contributed by atoms with Crippen LogP contribution in [0.4, 0.5) is 0 Å². The molecule has 30 heavy (non-hydrogen) atoms. The summed E-state index contributed by atoms with van der Waals surface area (Å²) in [5.41, 5.74) is 13.5. The predicted octanol–water partition coefficient (Wildman–Crippen LogP) is -0.269. The zero-order valence-corrected chi connectivity index (χ0v) is 17.1. The standard InChI is InChI=1S/C21H30N5O4/c1-13(28)19(12-27)26-21(30)18(8-4-5-9-22)25-20(29)16(23)10-14-11-24-17-7-3-2-6-15(14)17/h2-3,6-7,11-13,16,18-19,24,28H,4-5,8-10,22-23H2,1H3,(H,25,29)/t13-,16+,18+,19-/m1/s1. The van der Waals surface area contributed by atoms with E-state index in [0.29, 0.717) is 38.5 Å². The van der Waals surface area contributed by atoms with Crippen LogP contribution in [-0.4, -0.2) is 59.0 Å². The molecule has 0 saturated heterocycles. The molecule has 2 rings (SSSR count). The number of fused-ring (bicyclic) bond motifs is 1. The maximum atomic E-state index is 12.7. The van der Waals surface area contributed by atoms with Crippen molar-refractivity contribution in [3.63, 3.8) is 0 Å². The molecule has 2 amide bonds. The number of amides is 2. The van der Waals surface area contributed by atoms with E-state index in [1.54, 1.807) is 0 Å². The van der Waals surface area contributed by atoms with Crippen molar-refractivity contribution in [3.8, 4) is 0 Å². The van der Waals surface area contributed by atoms with Crippen molar-refractivity contribution in [1.29, 1.82) is 0 Å². The number of nitrogens with two attached hydrogens (primary N) is 2. The summed E-state index contributed by atoms with van der Waals surface area (Å²) in [5, 5.41) is 16.9. The number of aldehydes is 1. The third-order valence-electron chi connectivity index (χ3n) is 4.92. The number of benzene rings is 1. The van der Waals surface area contributed by atoms with Gasteiger partial charge in [0.15, 0.2) is 0 Å². The summed E-state index contributed by atoms with van der Waals surface area (Å²) in [6.07, 6.45) is 3.00. The fourth-order valence-corrected chi connectivity index (χ4v) is 3.15. The lowest BCUT2D eigenvalue weighted by molar-refractivity contribution is -0.131. The van der Waals surface area contributed by atoms with Crippen molar-refractivity contribution in [2.45, 2.75) is 56.8 Å². The highest BCUT2D eigenvalue weighted by molar-refractivity contribution is 5.91. The molecule has 1 radical (unpaired) electrons. The van der Waals surface area contributed by atoms with E-state index in [4.69, 9.17) is 11.5 Å². The number of carbonyl (C=O) groups excluding carboxylic acids is 3. The van der Waals surface area contributed by atoms with Crippen LogP contribution in [0.2, 0.25) is 0 Å². The van der Waals surface area contributed by atoms with Gasteiger partial charge in [-0.25, -0.2) is 5.32 Å². The SMILES string of the molecule is C[C@@H](O)[C@@H](C=O)[N]C(=O)[C@H](CCCCN)NC(=O)[C@@H](N)Cc1c[nH]c2ccccc12. The topological polar surface area (TPSA) is 165 Å². The fourth-order valence-electron chi connectivity index (χ4n) is 3.15. The first-order valence-electron chi connectivity index (χ1n) is 10.1. The Hall–Kier alpha value is -2.75. The van der Waals surface area contributed by atoms with E-state index in [1.807, 2.05) is 30.5 Å². The van der Waals surface area contributed by atoms with E-state index in [0.717, 1.165) is 16.5 Å². The number of aliphatic hydroxyl groups is 1. The van der Waals surface area contributed by atoms with Crippen LogP contribution in [0.1, 0.15) is 31.7 Å². The highest BCUT2D eigenvalue weighted by atomic mass is 16.3. The Balaban J connectivity index is 2.04. The molecule has 0 aliphatic heterocycles. The second kappa shape index (κ2) is 11.4. The molecular weight excluding hydrogens is 386 g/mol. The zero-order chi connectivity index (χ0) is 22.1. The summed E-state index contributed by atoms with van der Waals surface area (Å²) < 4.78 is 0. The third kappa shape index (κ3) is 6.38. The molecule has 2 aromatic rings. The lowest BCUT2D eigenvalue weighted by Gasteiger charge is -2.22. The molecule has 9 heteroatoms. The summed E-state index contributed by atoms with van der Waals surface area (Å²) in [6.45, 7) is 1.83. The van der Waals surface area contributed by atoms with Crippen LogP contribution >= 0.6 is 0 Å². The number of aliphatic hydroxyl groups excluding tert-OH is 1. The molecule has 0 fully saturated rings. The number of nitrogens with one attached hydrogen (secondary N) is 2. The van der Waals surface area contributed by atoms with Crippen LogP contribution in [0.5, 0.6) is 0 Å². The van der Waals surface area contributed by atoms with Gasteiger partial charge < -0.3 is 31.7 Å². The van der Waals surface area contributed by atoms with Gasteiger partial charge in [-0.1, -0.05) is 18.2 Å². The van der Waals surface area contributed by atoms with Crippen molar-refractivity contribution in [1.82, 2.24) is 15.6 Å². The molecule has 0 aliphatic carbocycles. The Morgan fingerprint density at radius 2 is 2.03 bits per heavy atom. The van der Waals surface area contributed by atoms with Gasteiger partial charge in [-0.3, -0.25) is 9.59 Å². The highest BCUT2D eigenvalue weighted by Gasteiger charge is 2.28. The molecule has 0 unspecified atom stereocenters. The average molecular weight is 417 g/mol. The number of aromatic nitrogens is 1. The summed E-state index contributed by atoms with van der Waals surface area (Å²) >= 11 is 0. The number of para-hydroxylation sites is 1. The third-order valence-corrected chi connectivity index (χ3v) is 4.92. The molecule has 0 aliphatic rings. The van der Waals surface area contributed by atoms with Crippen molar-refractivity contribution in [3.05, 3.63) is 36.0 Å². The van der Waals surface area contributed by atoms with Crippen LogP contribution in [0, 0.1) is 0 Å².